The summed E-state index contributed by atoms with van der Waals surface area (Å²) in [5.74, 6) is -0.778. The van der Waals surface area contributed by atoms with Crippen LogP contribution in [0.4, 0.5) is 10.1 Å². The van der Waals surface area contributed by atoms with Gasteiger partial charge in [-0.15, -0.1) is 0 Å². The summed E-state index contributed by atoms with van der Waals surface area (Å²) in [5.41, 5.74) is 6.75. The summed E-state index contributed by atoms with van der Waals surface area (Å²) in [6.45, 7) is 5.84. The number of hydrogen-bond acceptors (Lipinski definition) is 2. The minimum absolute atomic E-state index is 0.134. The van der Waals surface area contributed by atoms with E-state index in [1.165, 1.54) is 12.1 Å². The van der Waals surface area contributed by atoms with Gasteiger partial charge in [0, 0.05) is 12.2 Å². The highest BCUT2D eigenvalue weighted by molar-refractivity contribution is 5.99. The van der Waals surface area contributed by atoms with Gasteiger partial charge in [0.2, 0.25) is 0 Å². The normalized spacial score (nSPS) is 9.73. The number of rotatable bonds is 3. The first kappa shape index (κ1) is 11.2. The Morgan fingerprint density at radius 3 is 2.80 bits per heavy atom. The number of nitrogens with two attached hydrogens (primary N) is 1. The van der Waals surface area contributed by atoms with Gasteiger partial charge in [-0.1, -0.05) is 12.2 Å². The predicted octanol–water partition coefficient (Wildman–Crippen LogP) is 1.71. The Kier molecular flexibility index (Phi) is 3.44. The van der Waals surface area contributed by atoms with Crippen molar-refractivity contribution in [2.45, 2.75) is 6.92 Å². The summed E-state index contributed by atoms with van der Waals surface area (Å²) < 4.78 is 12.7. The molecule has 1 aromatic carbocycles. The maximum absolute atomic E-state index is 12.7. The van der Waals surface area contributed by atoms with Gasteiger partial charge in [-0.05, 0) is 25.1 Å². The molecule has 0 atom stereocenters. The van der Waals surface area contributed by atoms with Gasteiger partial charge < -0.3 is 11.1 Å². The molecular formula is C11H13FN2O. The molecule has 0 saturated heterocycles. The number of carbonyl (C=O) groups is 1. The standard InChI is InChI=1S/C11H13FN2O/c1-7(2)6-14-11(15)9-4-3-8(12)5-10(9)13/h3-5H,1,6,13H2,2H3,(H,14,15). The second-order valence-electron chi connectivity index (χ2n) is 3.37. The van der Waals surface area contributed by atoms with E-state index < -0.39 is 5.82 Å². The van der Waals surface area contributed by atoms with Gasteiger partial charge in [-0.3, -0.25) is 4.79 Å². The van der Waals surface area contributed by atoms with Crippen LogP contribution >= 0.6 is 0 Å². The highest BCUT2D eigenvalue weighted by atomic mass is 19.1. The smallest absolute Gasteiger partial charge is 0.253 e. The van der Waals surface area contributed by atoms with Crippen molar-refractivity contribution in [1.82, 2.24) is 5.32 Å². The Balaban J connectivity index is 2.78. The minimum Gasteiger partial charge on any atom is -0.398 e. The molecule has 0 aliphatic carbocycles. The van der Waals surface area contributed by atoms with Crippen molar-refractivity contribution in [3.8, 4) is 0 Å². The fourth-order valence-corrected chi connectivity index (χ4v) is 1.07. The van der Waals surface area contributed by atoms with Crippen molar-refractivity contribution in [3.63, 3.8) is 0 Å². The number of amides is 1. The number of benzene rings is 1. The lowest BCUT2D eigenvalue weighted by atomic mass is 10.1. The molecule has 3 nitrogen and oxygen atoms in total. The van der Waals surface area contributed by atoms with Crippen LogP contribution in [0.5, 0.6) is 0 Å². The lowest BCUT2D eigenvalue weighted by Crippen LogP contribution is -2.25. The minimum atomic E-state index is -0.455. The van der Waals surface area contributed by atoms with Gasteiger partial charge in [0.05, 0.1) is 5.56 Å². The van der Waals surface area contributed by atoms with Crippen LogP contribution in [-0.2, 0) is 0 Å². The second kappa shape index (κ2) is 4.59. The van der Waals surface area contributed by atoms with Crippen LogP contribution in [0.15, 0.2) is 30.4 Å². The third-order valence-corrected chi connectivity index (χ3v) is 1.81. The molecule has 0 spiro atoms. The first-order valence-electron chi connectivity index (χ1n) is 4.48. The van der Waals surface area contributed by atoms with Gasteiger partial charge >= 0.3 is 0 Å². The number of anilines is 1. The average molecular weight is 208 g/mol. The Hall–Kier alpha value is -1.84. The van der Waals surface area contributed by atoms with E-state index in [4.69, 9.17) is 5.73 Å². The monoisotopic (exact) mass is 208 g/mol. The molecule has 0 aliphatic heterocycles. The van der Waals surface area contributed by atoms with E-state index in [1.807, 2.05) is 0 Å². The summed E-state index contributed by atoms with van der Waals surface area (Å²) in [7, 11) is 0. The lowest BCUT2D eigenvalue weighted by molar-refractivity contribution is 0.0958. The number of nitrogen functional groups attached to an aromatic ring is 1. The largest absolute Gasteiger partial charge is 0.398 e. The fourth-order valence-electron chi connectivity index (χ4n) is 1.07. The predicted molar refractivity (Wildman–Crippen MR) is 58.0 cm³/mol. The van der Waals surface area contributed by atoms with Gasteiger partial charge in [-0.25, -0.2) is 4.39 Å². The molecule has 0 radical (unpaired) electrons. The van der Waals surface area contributed by atoms with E-state index in [-0.39, 0.29) is 17.2 Å². The van der Waals surface area contributed by atoms with Crippen LogP contribution in [0, 0.1) is 5.82 Å². The first-order valence-corrected chi connectivity index (χ1v) is 4.48. The molecule has 0 saturated carbocycles. The van der Waals surface area contributed by atoms with E-state index in [1.54, 1.807) is 6.92 Å². The molecule has 0 aromatic heterocycles. The van der Waals surface area contributed by atoms with E-state index in [0.717, 1.165) is 11.6 Å². The zero-order valence-electron chi connectivity index (χ0n) is 8.51. The summed E-state index contributed by atoms with van der Waals surface area (Å²) in [4.78, 5) is 11.5. The quantitative estimate of drug-likeness (QED) is 0.587. The van der Waals surface area contributed by atoms with Crippen molar-refractivity contribution < 1.29 is 9.18 Å². The third-order valence-electron chi connectivity index (χ3n) is 1.81. The molecule has 0 aliphatic rings. The second-order valence-corrected chi connectivity index (χ2v) is 3.37. The van der Waals surface area contributed by atoms with Gasteiger partial charge in [0.1, 0.15) is 5.82 Å². The molecule has 0 bridgehead atoms. The van der Waals surface area contributed by atoms with Crippen molar-refractivity contribution in [1.29, 1.82) is 0 Å². The first-order chi connectivity index (χ1) is 7.00. The van der Waals surface area contributed by atoms with Crippen molar-refractivity contribution in [2.24, 2.45) is 0 Å². The Bertz CT molecular complexity index is 402. The molecule has 0 fully saturated rings. The summed E-state index contributed by atoms with van der Waals surface area (Å²) in [5, 5.41) is 2.62. The Labute approximate surface area is 87.8 Å². The van der Waals surface area contributed by atoms with E-state index in [0.29, 0.717) is 6.54 Å². The molecule has 1 rings (SSSR count). The Morgan fingerprint density at radius 1 is 1.60 bits per heavy atom. The molecule has 0 heterocycles. The average Bonchev–Trinajstić information content (AvgIpc) is 2.14. The van der Waals surface area contributed by atoms with Crippen LogP contribution in [-0.4, -0.2) is 12.5 Å². The molecular weight excluding hydrogens is 195 g/mol. The number of carbonyl (C=O) groups excluding carboxylic acids is 1. The van der Waals surface area contributed by atoms with Gasteiger partial charge in [-0.2, -0.15) is 0 Å². The topological polar surface area (TPSA) is 55.1 Å². The van der Waals surface area contributed by atoms with Gasteiger partial charge in [0.15, 0.2) is 0 Å². The SMILES string of the molecule is C=C(C)CNC(=O)c1ccc(F)cc1N. The van der Waals surface area contributed by atoms with Crippen LogP contribution in [0.25, 0.3) is 0 Å². The number of halogens is 1. The zero-order valence-corrected chi connectivity index (χ0v) is 8.51. The van der Waals surface area contributed by atoms with Crippen molar-refractivity contribution in [2.75, 3.05) is 12.3 Å². The van der Waals surface area contributed by atoms with Crippen molar-refractivity contribution in [3.05, 3.63) is 41.7 Å². The number of hydrogen-bond donors (Lipinski definition) is 2. The van der Waals surface area contributed by atoms with E-state index in [2.05, 4.69) is 11.9 Å². The van der Waals surface area contributed by atoms with Crippen LogP contribution < -0.4 is 11.1 Å². The van der Waals surface area contributed by atoms with Crippen LogP contribution in [0.3, 0.4) is 0 Å². The van der Waals surface area contributed by atoms with Crippen LogP contribution in [0.2, 0.25) is 0 Å². The molecule has 1 amide bonds. The van der Waals surface area contributed by atoms with E-state index >= 15 is 0 Å². The summed E-state index contributed by atoms with van der Waals surface area (Å²) >= 11 is 0. The van der Waals surface area contributed by atoms with Crippen LogP contribution in [0.1, 0.15) is 17.3 Å². The Morgan fingerprint density at radius 2 is 2.27 bits per heavy atom. The highest BCUT2D eigenvalue weighted by Gasteiger charge is 2.09. The van der Waals surface area contributed by atoms with Crippen molar-refractivity contribution >= 4 is 11.6 Å². The molecule has 0 unspecified atom stereocenters. The molecule has 15 heavy (non-hydrogen) atoms. The highest BCUT2D eigenvalue weighted by Crippen LogP contribution is 2.12. The maximum atomic E-state index is 12.7. The third kappa shape index (κ3) is 3.09. The molecule has 4 heteroatoms. The number of nitrogens with one attached hydrogen (secondary N) is 1. The van der Waals surface area contributed by atoms with Gasteiger partial charge in [0.25, 0.3) is 5.91 Å². The fraction of sp³-hybridized carbons (Fsp3) is 0.182. The summed E-state index contributed by atoms with van der Waals surface area (Å²) in [6.07, 6.45) is 0. The lowest BCUT2D eigenvalue weighted by Gasteiger charge is -2.06. The zero-order chi connectivity index (χ0) is 11.4. The summed E-state index contributed by atoms with van der Waals surface area (Å²) in [6, 6.07) is 3.68. The molecule has 80 valence electrons. The molecule has 1 aromatic rings. The van der Waals surface area contributed by atoms with E-state index in [9.17, 15) is 9.18 Å². The maximum Gasteiger partial charge on any atom is 0.253 e. The molecule has 3 N–H and O–H groups in total.